The predicted octanol–water partition coefficient (Wildman–Crippen LogP) is 0.582. The molecular formula is C16H16N4O4. The SMILES string of the molecule is C=CCn1c(O)c(/C(C)=N/NC(=O)c2ccccc2)c(=O)[nH]c1=O. The van der Waals surface area contributed by atoms with Crippen molar-refractivity contribution in [1.82, 2.24) is 15.0 Å². The zero-order valence-electron chi connectivity index (χ0n) is 12.9. The Labute approximate surface area is 136 Å². The number of nitrogens with one attached hydrogen (secondary N) is 2. The second-order valence-corrected chi connectivity index (χ2v) is 4.86. The molecule has 8 nitrogen and oxygen atoms in total. The van der Waals surface area contributed by atoms with E-state index in [0.29, 0.717) is 5.56 Å². The lowest BCUT2D eigenvalue weighted by atomic mass is 10.2. The van der Waals surface area contributed by atoms with E-state index in [0.717, 1.165) is 4.57 Å². The van der Waals surface area contributed by atoms with Crippen molar-refractivity contribution < 1.29 is 9.90 Å². The number of rotatable bonds is 5. The Morgan fingerprint density at radius 2 is 2.04 bits per heavy atom. The summed E-state index contributed by atoms with van der Waals surface area (Å²) in [6.45, 7) is 4.92. The summed E-state index contributed by atoms with van der Waals surface area (Å²) in [6.07, 6.45) is 1.40. The fraction of sp³-hybridized carbons (Fsp3) is 0.125. The maximum absolute atomic E-state index is 11.9. The highest BCUT2D eigenvalue weighted by Gasteiger charge is 2.16. The summed E-state index contributed by atoms with van der Waals surface area (Å²) in [6, 6.07) is 8.38. The molecule has 1 aromatic heterocycles. The van der Waals surface area contributed by atoms with Crippen molar-refractivity contribution in [2.24, 2.45) is 5.10 Å². The number of hydrazone groups is 1. The van der Waals surface area contributed by atoms with Crippen molar-refractivity contribution in [3.63, 3.8) is 0 Å². The molecule has 8 heteroatoms. The number of allylic oxidation sites excluding steroid dienone is 1. The minimum absolute atomic E-state index is 0.0120. The van der Waals surface area contributed by atoms with E-state index in [-0.39, 0.29) is 17.8 Å². The first kappa shape index (κ1) is 16.9. The topological polar surface area (TPSA) is 117 Å². The van der Waals surface area contributed by atoms with Crippen LogP contribution in [0.25, 0.3) is 0 Å². The summed E-state index contributed by atoms with van der Waals surface area (Å²) in [5.74, 6) is -1.01. The Hall–Kier alpha value is -3.42. The minimum Gasteiger partial charge on any atom is -0.494 e. The van der Waals surface area contributed by atoms with Crippen LogP contribution in [0.3, 0.4) is 0 Å². The van der Waals surface area contributed by atoms with Crippen LogP contribution < -0.4 is 16.7 Å². The number of amides is 1. The van der Waals surface area contributed by atoms with Gasteiger partial charge in [0.05, 0.1) is 5.71 Å². The second-order valence-electron chi connectivity index (χ2n) is 4.86. The molecule has 3 N–H and O–H groups in total. The van der Waals surface area contributed by atoms with Crippen LogP contribution in [0.4, 0.5) is 0 Å². The number of hydrogen-bond donors (Lipinski definition) is 3. The van der Waals surface area contributed by atoms with Crippen LogP contribution in [0.2, 0.25) is 0 Å². The number of benzene rings is 1. The fourth-order valence-electron chi connectivity index (χ4n) is 2.03. The molecule has 0 aliphatic carbocycles. The molecular weight excluding hydrogens is 312 g/mol. The Morgan fingerprint density at radius 3 is 2.67 bits per heavy atom. The van der Waals surface area contributed by atoms with Crippen molar-refractivity contribution in [1.29, 1.82) is 0 Å². The van der Waals surface area contributed by atoms with Crippen LogP contribution in [0.15, 0.2) is 57.7 Å². The van der Waals surface area contributed by atoms with E-state index in [1.165, 1.54) is 13.0 Å². The fourth-order valence-corrected chi connectivity index (χ4v) is 2.03. The number of carbonyl (C=O) groups excluding carboxylic acids is 1. The summed E-state index contributed by atoms with van der Waals surface area (Å²) in [4.78, 5) is 37.6. The minimum atomic E-state index is -0.798. The Morgan fingerprint density at radius 1 is 1.38 bits per heavy atom. The van der Waals surface area contributed by atoms with E-state index in [2.05, 4.69) is 22.1 Å². The first-order valence-corrected chi connectivity index (χ1v) is 7.02. The number of aromatic amines is 1. The molecule has 0 saturated heterocycles. The molecule has 1 amide bonds. The van der Waals surface area contributed by atoms with Gasteiger partial charge in [0.2, 0.25) is 5.88 Å². The molecule has 0 atom stereocenters. The molecule has 2 aromatic rings. The van der Waals surface area contributed by atoms with E-state index >= 15 is 0 Å². The van der Waals surface area contributed by atoms with E-state index in [4.69, 9.17) is 0 Å². The maximum atomic E-state index is 11.9. The summed E-state index contributed by atoms with van der Waals surface area (Å²) in [5.41, 5.74) is 0.976. The van der Waals surface area contributed by atoms with Gasteiger partial charge in [-0.2, -0.15) is 5.10 Å². The number of hydrogen-bond acceptors (Lipinski definition) is 5. The van der Waals surface area contributed by atoms with Crippen molar-refractivity contribution in [3.8, 4) is 5.88 Å². The zero-order valence-corrected chi connectivity index (χ0v) is 12.9. The van der Waals surface area contributed by atoms with Crippen molar-refractivity contribution in [2.75, 3.05) is 0 Å². The van der Waals surface area contributed by atoms with Gasteiger partial charge in [0, 0.05) is 12.1 Å². The molecule has 0 radical (unpaired) electrons. The van der Waals surface area contributed by atoms with E-state index in [1.54, 1.807) is 30.3 Å². The second kappa shape index (κ2) is 7.23. The monoisotopic (exact) mass is 328 g/mol. The Balaban J connectivity index is 2.36. The normalized spacial score (nSPS) is 11.1. The van der Waals surface area contributed by atoms with E-state index in [9.17, 15) is 19.5 Å². The van der Waals surface area contributed by atoms with Gasteiger partial charge >= 0.3 is 5.69 Å². The van der Waals surface area contributed by atoms with Gasteiger partial charge < -0.3 is 5.11 Å². The summed E-state index contributed by atoms with van der Waals surface area (Å²) >= 11 is 0. The highest BCUT2D eigenvalue weighted by molar-refractivity contribution is 6.02. The van der Waals surface area contributed by atoms with Gasteiger partial charge in [-0.25, -0.2) is 10.2 Å². The maximum Gasteiger partial charge on any atom is 0.331 e. The molecule has 0 spiro atoms. The van der Waals surface area contributed by atoms with Crippen LogP contribution in [0.1, 0.15) is 22.8 Å². The summed E-state index contributed by atoms with van der Waals surface area (Å²) < 4.78 is 0.932. The smallest absolute Gasteiger partial charge is 0.331 e. The van der Waals surface area contributed by atoms with Gasteiger partial charge in [0.1, 0.15) is 5.56 Å². The molecule has 1 heterocycles. The lowest BCUT2D eigenvalue weighted by molar-refractivity contribution is 0.0955. The zero-order chi connectivity index (χ0) is 17.7. The highest BCUT2D eigenvalue weighted by atomic mass is 16.3. The molecule has 0 saturated carbocycles. The molecule has 0 aliphatic heterocycles. The molecule has 0 unspecified atom stereocenters. The number of nitrogens with zero attached hydrogens (tertiary/aromatic N) is 2. The van der Waals surface area contributed by atoms with Crippen molar-refractivity contribution in [3.05, 3.63) is 75.0 Å². The molecule has 0 bridgehead atoms. The van der Waals surface area contributed by atoms with Crippen molar-refractivity contribution in [2.45, 2.75) is 13.5 Å². The number of carbonyl (C=O) groups is 1. The van der Waals surface area contributed by atoms with Gasteiger partial charge in [-0.1, -0.05) is 24.3 Å². The van der Waals surface area contributed by atoms with Gasteiger partial charge in [0.25, 0.3) is 11.5 Å². The standard InChI is InChI=1S/C16H16N4O4/c1-3-9-20-15(23)12(14(22)17-16(20)24)10(2)18-19-13(21)11-7-5-4-6-8-11/h3-8,23H,1,9H2,2H3,(H,19,21)(H,17,22,24)/b18-10+. The largest absolute Gasteiger partial charge is 0.494 e. The Kier molecular flexibility index (Phi) is 5.10. The molecule has 0 fully saturated rings. The average Bonchev–Trinajstić information content (AvgIpc) is 2.57. The van der Waals surface area contributed by atoms with Crippen molar-refractivity contribution >= 4 is 11.6 Å². The molecule has 124 valence electrons. The Bertz CT molecular complexity index is 910. The first-order valence-electron chi connectivity index (χ1n) is 7.02. The molecule has 24 heavy (non-hydrogen) atoms. The third kappa shape index (κ3) is 3.49. The van der Waals surface area contributed by atoms with Crippen LogP contribution >= 0.6 is 0 Å². The summed E-state index contributed by atoms with van der Waals surface area (Å²) in [5, 5.41) is 14.0. The lowest BCUT2D eigenvalue weighted by Crippen LogP contribution is -2.34. The molecule has 1 aromatic carbocycles. The van der Waals surface area contributed by atoms with Crippen LogP contribution in [0, 0.1) is 0 Å². The predicted molar refractivity (Wildman–Crippen MR) is 89.3 cm³/mol. The van der Waals surface area contributed by atoms with Crippen LogP contribution in [-0.2, 0) is 6.54 Å². The molecule has 2 rings (SSSR count). The number of aromatic nitrogens is 2. The van der Waals surface area contributed by atoms with Gasteiger partial charge in [-0.05, 0) is 19.1 Å². The number of aromatic hydroxyl groups is 1. The van der Waals surface area contributed by atoms with Gasteiger partial charge in [0.15, 0.2) is 0 Å². The van der Waals surface area contributed by atoms with E-state index in [1.807, 2.05) is 0 Å². The van der Waals surface area contributed by atoms with Gasteiger partial charge in [-0.15, -0.1) is 6.58 Å². The van der Waals surface area contributed by atoms with Crippen LogP contribution in [0.5, 0.6) is 5.88 Å². The van der Waals surface area contributed by atoms with E-state index < -0.39 is 23.0 Å². The van der Waals surface area contributed by atoms with Crippen LogP contribution in [-0.4, -0.2) is 26.3 Å². The molecule has 0 aliphatic rings. The number of H-pyrrole nitrogens is 1. The highest BCUT2D eigenvalue weighted by Crippen LogP contribution is 2.11. The first-order chi connectivity index (χ1) is 11.5. The van der Waals surface area contributed by atoms with Gasteiger partial charge in [-0.3, -0.25) is 19.1 Å². The quantitative estimate of drug-likeness (QED) is 0.423. The third-order valence-electron chi connectivity index (χ3n) is 3.21. The lowest BCUT2D eigenvalue weighted by Gasteiger charge is -2.09. The third-order valence-corrected chi connectivity index (χ3v) is 3.21. The average molecular weight is 328 g/mol. The summed E-state index contributed by atoms with van der Waals surface area (Å²) in [7, 11) is 0.